The molecule has 0 aliphatic rings. The van der Waals surface area contributed by atoms with Gasteiger partial charge in [0.05, 0.1) is 17.8 Å². The molecule has 0 saturated carbocycles. The Bertz CT molecular complexity index is 578. The molecule has 2 aromatic rings. The van der Waals surface area contributed by atoms with Crippen molar-refractivity contribution in [3.8, 4) is 11.8 Å². The van der Waals surface area contributed by atoms with Gasteiger partial charge in [0.25, 0.3) is 0 Å². The molecule has 0 N–H and O–H groups in total. The van der Waals surface area contributed by atoms with E-state index in [2.05, 4.69) is 29.0 Å². The first kappa shape index (κ1) is 11.6. The largest absolute Gasteiger partial charge is 0.384 e. The number of rotatable bonds is 2. The molecule has 2 rings (SSSR count). The average Bonchev–Trinajstić information content (AvgIpc) is 2.35. The van der Waals surface area contributed by atoms with Gasteiger partial charge in [-0.1, -0.05) is 30.0 Å². The van der Waals surface area contributed by atoms with E-state index < -0.39 is 0 Å². The summed E-state index contributed by atoms with van der Waals surface area (Å²) in [6, 6.07) is 10.2. The van der Waals surface area contributed by atoms with Crippen molar-refractivity contribution in [2.75, 3.05) is 13.7 Å². The van der Waals surface area contributed by atoms with Crippen LogP contribution in [0.15, 0.2) is 30.3 Å². The van der Waals surface area contributed by atoms with E-state index in [0.717, 1.165) is 28.6 Å². The molecule has 1 heterocycles. The topological polar surface area (TPSA) is 22.1 Å². The summed E-state index contributed by atoms with van der Waals surface area (Å²) in [5.41, 5.74) is 3.00. The highest BCUT2D eigenvalue weighted by Gasteiger charge is 1.99. The molecule has 0 fully saturated rings. The third-order valence-electron chi connectivity index (χ3n) is 2.57. The molecule has 0 unspecified atom stereocenters. The number of aryl methyl sites for hydroxylation is 1. The zero-order chi connectivity index (χ0) is 12.1. The summed E-state index contributed by atoms with van der Waals surface area (Å²) in [4.78, 5) is 4.54. The second-order valence-corrected chi connectivity index (χ2v) is 3.86. The van der Waals surface area contributed by atoms with Gasteiger partial charge < -0.3 is 4.74 Å². The van der Waals surface area contributed by atoms with Crippen LogP contribution in [-0.2, 0) is 4.74 Å². The maximum Gasteiger partial charge on any atom is 0.0706 e. The van der Waals surface area contributed by atoms with Gasteiger partial charge in [0.2, 0.25) is 0 Å². The van der Waals surface area contributed by atoms with Crippen molar-refractivity contribution in [2.45, 2.75) is 13.3 Å². The Morgan fingerprint density at radius 3 is 2.94 bits per heavy atom. The third-order valence-corrected chi connectivity index (χ3v) is 2.57. The molecule has 0 aliphatic carbocycles. The number of aromatic nitrogens is 1. The Morgan fingerprint density at radius 2 is 2.12 bits per heavy atom. The lowest BCUT2D eigenvalue weighted by Crippen LogP contribution is -1.90. The first-order valence-electron chi connectivity index (χ1n) is 5.65. The van der Waals surface area contributed by atoms with E-state index in [1.54, 1.807) is 7.11 Å². The van der Waals surface area contributed by atoms with Crippen LogP contribution < -0.4 is 0 Å². The summed E-state index contributed by atoms with van der Waals surface area (Å²) in [6.45, 7) is 2.67. The number of pyridine rings is 1. The summed E-state index contributed by atoms with van der Waals surface area (Å²) < 4.78 is 4.96. The van der Waals surface area contributed by atoms with Crippen LogP contribution in [0, 0.1) is 18.8 Å². The minimum absolute atomic E-state index is 0.674. The summed E-state index contributed by atoms with van der Waals surface area (Å²) in [5.74, 6) is 6.24. The van der Waals surface area contributed by atoms with Crippen LogP contribution in [0.4, 0.5) is 0 Å². The Hall–Kier alpha value is -1.85. The lowest BCUT2D eigenvalue weighted by molar-refractivity contribution is 0.206. The molecule has 0 saturated heterocycles. The lowest BCUT2D eigenvalue weighted by Gasteiger charge is -2.01. The van der Waals surface area contributed by atoms with E-state index in [-0.39, 0.29) is 0 Å². The molecule has 0 radical (unpaired) electrons. The fourth-order valence-corrected chi connectivity index (χ4v) is 1.65. The smallest absolute Gasteiger partial charge is 0.0706 e. The van der Waals surface area contributed by atoms with E-state index in [9.17, 15) is 0 Å². The zero-order valence-electron chi connectivity index (χ0n) is 10.2. The van der Waals surface area contributed by atoms with Crippen molar-refractivity contribution >= 4 is 10.9 Å². The van der Waals surface area contributed by atoms with Crippen molar-refractivity contribution in [3.63, 3.8) is 0 Å². The number of fused-ring (bicyclic) bond motifs is 1. The number of methoxy groups -OCH3 is 1. The Labute approximate surface area is 102 Å². The number of para-hydroxylation sites is 1. The van der Waals surface area contributed by atoms with Gasteiger partial charge in [0.15, 0.2) is 0 Å². The van der Waals surface area contributed by atoms with Gasteiger partial charge in [0, 0.05) is 24.5 Å². The summed E-state index contributed by atoms with van der Waals surface area (Å²) in [7, 11) is 1.69. The quantitative estimate of drug-likeness (QED) is 0.579. The van der Waals surface area contributed by atoms with Gasteiger partial charge in [-0.25, -0.2) is 0 Å². The number of hydrogen-bond acceptors (Lipinski definition) is 2. The molecule has 2 heteroatoms. The monoisotopic (exact) mass is 225 g/mol. The molecule has 0 spiro atoms. The highest BCUT2D eigenvalue weighted by molar-refractivity contribution is 5.80. The number of nitrogens with zero attached hydrogens (tertiary/aromatic N) is 1. The van der Waals surface area contributed by atoms with Crippen LogP contribution in [0.5, 0.6) is 0 Å². The van der Waals surface area contributed by atoms with Crippen molar-refractivity contribution < 1.29 is 4.74 Å². The summed E-state index contributed by atoms with van der Waals surface area (Å²) in [6.07, 6.45) is 0.753. The third kappa shape index (κ3) is 2.83. The Balaban J connectivity index is 2.33. The zero-order valence-corrected chi connectivity index (χ0v) is 10.2. The maximum atomic E-state index is 4.96. The molecule has 17 heavy (non-hydrogen) atoms. The number of benzene rings is 1. The molecular weight excluding hydrogens is 210 g/mol. The van der Waals surface area contributed by atoms with Crippen LogP contribution in [0.3, 0.4) is 0 Å². The molecule has 86 valence electrons. The second kappa shape index (κ2) is 5.47. The van der Waals surface area contributed by atoms with E-state index >= 15 is 0 Å². The van der Waals surface area contributed by atoms with Gasteiger partial charge in [0.1, 0.15) is 0 Å². The standard InChI is InChI=1S/C15H15NO/c1-12-13(7-5-6-10-17-2)11-14-8-3-4-9-15(14)16-12/h3-4,8-9,11H,6,10H2,1-2H3. The van der Waals surface area contributed by atoms with Crippen LogP contribution in [0.2, 0.25) is 0 Å². The fourth-order valence-electron chi connectivity index (χ4n) is 1.65. The molecule has 1 aromatic carbocycles. The first-order valence-corrected chi connectivity index (χ1v) is 5.65. The van der Waals surface area contributed by atoms with Gasteiger partial charge in [-0.05, 0) is 19.1 Å². The first-order chi connectivity index (χ1) is 8.31. The van der Waals surface area contributed by atoms with Crippen molar-refractivity contribution in [3.05, 3.63) is 41.6 Å². The minimum Gasteiger partial charge on any atom is -0.384 e. The van der Waals surface area contributed by atoms with Crippen molar-refractivity contribution in [1.82, 2.24) is 4.98 Å². The van der Waals surface area contributed by atoms with Gasteiger partial charge >= 0.3 is 0 Å². The van der Waals surface area contributed by atoms with E-state index in [0.29, 0.717) is 6.61 Å². The van der Waals surface area contributed by atoms with Crippen LogP contribution in [-0.4, -0.2) is 18.7 Å². The predicted octanol–water partition coefficient (Wildman–Crippen LogP) is 2.93. The highest BCUT2D eigenvalue weighted by atomic mass is 16.5. The summed E-state index contributed by atoms with van der Waals surface area (Å²) in [5, 5.41) is 1.13. The van der Waals surface area contributed by atoms with E-state index in [4.69, 9.17) is 4.74 Å². The van der Waals surface area contributed by atoms with E-state index in [1.807, 2.05) is 25.1 Å². The number of ether oxygens (including phenoxy) is 1. The molecule has 1 aromatic heterocycles. The molecule has 0 aliphatic heterocycles. The van der Waals surface area contributed by atoms with Crippen LogP contribution in [0.25, 0.3) is 10.9 Å². The Morgan fingerprint density at radius 1 is 1.29 bits per heavy atom. The van der Waals surface area contributed by atoms with Gasteiger partial charge in [-0.3, -0.25) is 4.98 Å². The van der Waals surface area contributed by atoms with Crippen molar-refractivity contribution in [1.29, 1.82) is 0 Å². The molecule has 0 amide bonds. The normalized spacial score (nSPS) is 10.0. The summed E-state index contributed by atoms with van der Waals surface area (Å²) >= 11 is 0. The molecule has 0 atom stereocenters. The van der Waals surface area contributed by atoms with Gasteiger partial charge in [-0.2, -0.15) is 0 Å². The fraction of sp³-hybridized carbons (Fsp3) is 0.267. The molecule has 0 bridgehead atoms. The van der Waals surface area contributed by atoms with E-state index in [1.165, 1.54) is 0 Å². The SMILES string of the molecule is COCCC#Cc1cc2ccccc2nc1C. The predicted molar refractivity (Wildman–Crippen MR) is 69.9 cm³/mol. The second-order valence-electron chi connectivity index (χ2n) is 3.86. The highest BCUT2D eigenvalue weighted by Crippen LogP contribution is 2.15. The minimum atomic E-state index is 0.674. The Kier molecular flexibility index (Phi) is 3.74. The molecular formula is C15H15NO. The molecule has 2 nitrogen and oxygen atoms in total. The lowest BCUT2D eigenvalue weighted by atomic mass is 10.1. The maximum absolute atomic E-state index is 4.96. The average molecular weight is 225 g/mol. The van der Waals surface area contributed by atoms with Crippen LogP contribution >= 0.6 is 0 Å². The number of hydrogen-bond donors (Lipinski definition) is 0. The van der Waals surface area contributed by atoms with Crippen molar-refractivity contribution in [2.24, 2.45) is 0 Å². The van der Waals surface area contributed by atoms with Gasteiger partial charge in [-0.15, -0.1) is 0 Å². The van der Waals surface area contributed by atoms with Crippen LogP contribution in [0.1, 0.15) is 17.7 Å².